The number of pyridine rings is 1. The summed E-state index contributed by atoms with van der Waals surface area (Å²) in [7, 11) is 3.84. The summed E-state index contributed by atoms with van der Waals surface area (Å²) < 4.78 is 0.992. The van der Waals surface area contributed by atoms with Crippen LogP contribution in [0.25, 0.3) is 0 Å². The average molecular weight is 334 g/mol. The zero-order chi connectivity index (χ0) is 14.7. The molecule has 0 atom stereocenters. The first-order valence-corrected chi connectivity index (χ1v) is 6.97. The second-order valence-corrected chi connectivity index (χ2v) is 5.57. The van der Waals surface area contributed by atoms with Crippen molar-refractivity contribution in [2.45, 2.75) is 6.92 Å². The van der Waals surface area contributed by atoms with E-state index in [9.17, 15) is 4.79 Å². The highest BCUT2D eigenvalue weighted by Crippen LogP contribution is 2.18. The molecule has 0 spiro atoms. The van der Waals surface area contributed by atoms with Gasteiger partial charge >= 0.3 is 0 Å². The SMILES string of the molecule is Cc1cc(C(=O)Nc2ccc(N(C)C)nc2)ccc1Br. The van der Waals surface area contributed by atoms with Crippen LogP contribution < -0.4 is 10.2 Å². The van der Waals surface area contributed by atoms with Gasteiger partial charge in [-0.2, -0.15) is 0 Å². The second kappa shape index (κ2) is 6.05. The van der Waals surface area contributed by atoms with Gasteiger partial charge in [0.1, 0.15) is 5.82 Å². The first-order chi connectivity index (χ1) is 9.47. The van der Waals surface area contributed by atoms with E-state index in [1.165, 1.54) is 0 Å². The maximum Gasteiger partial charge on any atom is 0.255 e. The molecule has 1 heterocycles. The van der Waals surface area contributed by atoms with Gasteiger partial charge in [-0.25, -0.2) is 4.98 Å². The van der Waals surface area contributed by atoms with E-state index in [0.29, 0.717) is 11.3 Å². The van der Waals surface area contributed by atoms with Crippen molar-refractivity contribution in [2.24, 2.45) is 0 Å². The molecule has 2 rings (SSSR count). The molecular weight excluding hydrogens is 318 g/mol. The molecule has 0 bridgehead atoms. The van der Waals surface area contributed by atoms with Crippen molar-refractivity contribution >= 4 is 33.3 Å². The topological polar surface area (TPSA) is 45.2 Å². The lowest BCUT2D eigenvalue weighted by atomic mass is 10.1. The molecule has 1 aromatic heterocycles. The maximum atomic E-state index is 12.1. The Kier molecular flexibility index (Phi) is 4.39. The smallest absolute Gasteiger partial charge is 0.255 e. The highest BCUT2D eigenvalue weighted by Gasteiger charge is 2.08. The van der Waals surface area contributed by atoms with Crippen LogP contribution in [-0.2, 0) is 0 Å². The Morgan fingerprint density at radius 3 is 2.55 bits per heavy atom. The number of nitrogens with zero attached hydrogens (tertiary/aromatic N) is 2. The predicted octanol–water partition coefficient (Wildman–Crippen LogP) is 3.47. The van der Waals surface area contributed by atoms with E-state index in [2.05, 4.69) is 26.2 Å². The summed E-state index contributed by atoms with van der Waals surface area (Å²) >= 11 is 3.42. The van der Waals surface area contributed by atoms with Crippen LogP contribution in [0, 0.1) is 6.92 Å². The number of nitrogens with one attached hydrogen (secondary N) is 1. The fourth-order valence-electron chi connectivity index (χ4n) is 1.71. The number of rotatable bonds is 3. The van der Waals surface area contributed by atoms with Gasteiger partial charge in [0.25, 0.3) is 5.91 Å². The van der Waals surface area contributed by atoms with E-state index in [4.69, 9.17) is 0 Å². The zero-order valence-electron chi connectivity index (χ0n) is 11.6. The van der Waals surface area contributed by atoms with Crippen LogP contribution in [0.15, 0.2) is 41.0 Å². The molecule has 0 radical (unpaired) electrons. The van der Waals surface area contributed by atoms with Gasteiger partial charge in [0.2, 0.25) is 0 Å². The summed E-state index contributed by atoms with van der Waals surface area (Å²) in [5, 5.41) is 2.84. The number of benzene rings is 1. The van der Waals surface area contributed by atoms with Crippen LogP contribution >= 0.6 is 15.9 Å². The van der Waals surface area contributed by atoms with Crippen molar-refractivity contribution in [3.05, 3.63) is 52.1 Å². The molecule has 0 aliphatic rings. The molecule has 5 heteroatoms. The molecule has 0 saturated heterocycles. The Morgan fingerprint density at radius 2 is 2.00 bits per heavy atom. The number of carbonyl (C=O) groups excluding carboxylic acids is 1. The Balaban J connectivity index is 2.12. The predicted molar refractivity (Wildman–Crippen MR) is 85.4 cm³/mol. The lowest BCUT2D eigenvalue weighted by Crippen LogP contribution is -2.13. The quantitative estimate of drug-likeness (QED) is 0.935. The van der Waals surface area contributed by atoms with Gasteiger partial charge in [0.15, 0.2) is 0 Å². The van der Waals surface area contributed by atoms with Crippen molar-refractivity contribution in [1.29, 1.82) is 0 Å². The standard InChI is InChI=1S/C15H16BrN3O/c1-10-8-11(4-6-13(10)16)15(20)18-12-5-7-14(17-9-12)19(2)3/h4-9H,1-3H3,(H,18,20). The minimum Gasteiger partial charge on any atom is -0.363 e. The fourth-order valence-corrected chi connectivity index (χ4v) is 1.96. The van der Waals surface area contributed by atoms with E-state index in [1.807, 2.05) is 50.2 Å². The monoisotopic (exact) mass is 333 g/mol. The van der Waals surface area contributed by atoms with Gasteiger partial charge in [0.05, 0.1) is 11.9 Å². The van der Waals surface area contributed by atoms with Crippen molar-refractivity contribution < 1.29 is 4.79 Å². The molecule has 104 valence electrons. The Bertz CT molecular complexity index is 624. The average Bonchev–Trinajstić information content (AvgIpc) is 2.42. The number of amides is 1. The molecule has 20 heavy (non-hydrogen) atoms. The molecule has 4 nitrogen and oxygen atoms in total. The first kappa shape index (κ1) is 14.5. The summed E-state index contributed by atoms with van der Waals surface area (Å²) in [6.45, 7) is 1.95. The summed E-state index contributed by atoms with van der Waals surface area (Å²) in [4.78, 5) is 18.3. The summed E-state index contributed by atoms with van der Waals surface area (Å²) in [5.74, 6) is 0.711. The number of anilines is 2. The molecule has 0 aliphatic heterocycles. The number of hydrogen-bond donors (Lipinski definition) is 1. The summed E-state index contributed by atoms with van der Waals surface area (Å²) in [6.07, 6.45) is 1.65. The number of halogens is 1. The molecule has 1 N–H and O–H groups in total. The van der Waals surface area contributed by atoms with Crippen LogP contribution in [0.4, 0.5) is 11.5 Å². The molecule has 0 unspecified atom stereocenters. The Morgan fingerprint density at radius 1 is 1.25 bits per heavy atom. The van der Waals surface area contributed by atoms with Gasteiger partial charge in [-0.15, -0.1) is 0 Å². The first-order valence-electron chi connectivity index (χ1n) is 6.18. The molecule has 0 aliphatic carbocycles. The lowest BCUT2D eigenvalue weighted by molar-refractivity contribution is 0.102. The third kappa shape index (κ3) is 3.36. The largest absolute Gasteiger partial charge is 0.363 e. The minimum atomic E-state index is -0.139. The van der Waals surface area contributed by atoms with Gasteiger partial charge in [-0.05, 0) is 42.8 Å². The van der Waals surface area contributed by atoms with Gasteiger partial charge in [-0.1, -0.05) is 15.9 Å². The molecule has 1 aromatic carbocycles. The Hall–Kier alpha value is -1.88. The van der Waals surface area contributed by atoms with Crippen LogP contribution in [0.1, 0.15) is 15.9 Å². The van der Waals surface area contributed by atoms with Crippen LogP contribution in [-0.4, -0.2) is 25.0 Å². The third-order valence-electron chi connectivity index (χ3n) is 2.88. The van der Waals surface area contributed by atoms with E-state index >= 15 is 0 Å². The minimum absolute atomic E-state index is 0.139. The zero-order valence-corrected chi connectivity index (χ0v) is 13.2. The molecule has 0 saturated carbocycles. The van der Waals surface area contributed by atoms with Crippen LogP contribution in [0.5, 0.6) is 0 Å². The highest BCUT2D eigenvalue weighted by atomic mass is 79.9. The van der Waals surface area contributed by atoms with E-state index in [1.54, 1.807) is 12.3 Å². The molecular formula is C15H16BrN3O. The van der Waals surface area contributed by atoms with Gasteiger partial charge < -0.3 is 10.2 Å². The van der Waals surface area contributed by atoms with E-state index < -0.39 is 0 Å². The normalized spacial score (nSPS) is 10.2. The number of carbonyl (C=O) groups is 1. The second-order valence-electron chi connectivity index (χ2n) is 4.72. The molecule has 1 amide bonds. The summed E-state index contributed by atoms with van der Waals surface area (Å²) in [5.41, 5.74) is 2.34. The third-order valence-corrected chi connectivity index (χ3v) is 3.77. The van der Waals surface area contributed by atoms with E-state index in [0.717, 1.165) is 15.9 Å². The molecule has 0 fully saturated rings. The van der Waals surface area contributed by atoms with Crippen molar-refractivity contribution in [2.75, 3.05) is 24.3 Å². The van der Waals surface area contributed by atoms with Gasteiger partial charge in [-0.3, -0.25) is 4.79 Å². The van der Waals surface area contributed by atoms with Crippen LogP contribution in [0.3, 0.4) is 0 Å². The fraction of sp³-hybridized carbons (Fsp3) is 0.200. The van der Waals surface area contributed by atoms with Crippen LogP contribution in [0.2, 0.25) is 0 Å². The number of hydrogen-bond acceptors (Lipinski definition) is 3. The van der Waals surface area contributed by atoms with Crippen molar-refractivity contribution in [1.82, 2.24) is 4.98 Å². The molecule has 2 aromatic rings. The lowest BCUT2D eigenvalue weighted by Gasteiger charge is -2.12. The summed E-state index contributed by atoms with van der Waals surface area (Å²) in [6, 6.07) is 9.21. The number of aromatic nitrogens is 1. The number of aryl methyl sites for hydroxylation is 1. The van der Waals surface area contributed by atoms with Crippen molar-refractivity contribution in [3.63, 3.8) is 0 Å². The maximum absolute atomic E-state index is 12.1. The highest BCUT2D eigenvalue weighted by molar-refractivity contribution is 9.10. The van der Waals surface area contributed by atoms with Crippen molar-refractivity contribution in [3.8, 4) is 0 Å². The van der Waals surface area contributed by atoms with Gasteiger partial charge in [0, 0.05) is 24.1 Å². The Labute approximate surface area is 127 Å². The van der Waals surface area contributed by atoms with E-state index in [-0.39, 0.29) is 5.91 Å².